The molecule has 0 radical (unpaired) electrons. The molecule has 2 heterocycles. The highest BCUT2D eigenvalue weighted by Crippen LogP contribution is 2.34. The average Bonchev–Trinajstić information content (AvgIpc) is 3.16. The van der Waals surface area contributed by atoms with Gasteiger partial charge < -0.3 is 4.90 Å². The highest BCUT2D eigenvalue weighted by Gasteiger charge is 2.22. The number of fused-ring (bicyclic) bond motifs is 1. The molecule has 0 spiro atoms. The van der Waals surface area contributed by atoms with Crippen molar-refractivity contribution in [1.29, 1.82) is 10.5 Å². The van der Waals surface area contributed by atoms with Crippen molar-refractivity contribution in [3.63, 3.8) is 0 Å². The van der Waals surface area contributed by atoms with Gasteiger partial charge in [0.25, 0.3) is 0 Å². The Kier molecular flexibility index (Phi) is 4.56. The highest BCUT2D eigenvalue weighted by atomic mass is 15.1. The van der Waals surface area contributed by atoms with E-state index in [9.17, 15) is 5.26 Å². The lowest BCUT2D eigenvalue weighted by Crippen LogP contribution is -2.07. The van der Waals surface area contributed by atoms with Crippen LogP contribution in [0.15, 0.2) is 60.9 Å². The van der Waals surface area contributed by atoms with Gasteiger partial charge in [-0.2, -0.15) is 10.5 Å². The molecule has 0 saturated heterocycles. The fourth-order valence-corrected chi connectivity index (χ4v) is 3.61. The summed E-state index contributed by atoms with van der Waals surface area (Å²) >= 11 is 0. The molecule has 0 atom stereocenters. The van der Waals surface area contributed by atoms with Crippen LogP contribution in [0.2, 0.25) is 0 Å². The lowest BCUT2D eigenvalue weighted by molar-refractivity contribution is 0.417. The smallest absolute Gasteiger partial charge is 0.179 e. The number of hydrogen-bond donors (Lipinski definition) is 0. The lowest BCUT2D eigenvalue weighted by Gasteiger charge is -2.12. The summed E-state index contributed by atoms with van der Waals surface area (Å²) in [4.78, 5) is 5.97. The standard InChI is InChI=1S/C23H18N4/c24-12-17-5-7-20(8-6-17)22-11-19(4-3-18-2-1-9-26-13-18)10-21-14-27(16-25)15-23(21)22/h1-2,5-11,13H,3-4,14-15H2. The predicted molar refractivity (Wildman–Crippen MR) is 103 cm³/mol. The second-order valence-corrected chi connectivity index (χ2v) is 6.79. The quantitative estimate of drug-likeness (QED) is 0.662. The largest absolute Gasteiger partial charge is 0.302 e. The normalized spacial score (nSPS) is 12.3. The van der Waals surface area contributed by atoms with Gasteiger partial charge in [-0.3, -0.25) is 4.98 Å². The molecule has 130 valence electrons. The van der Waals surface area contributed by atoms with Crippen molar-refractivity contribution in [2.45, 2.75) is 25.9 Å². The van der Waals surface area contributed by atoms with Crippen LogP contribution in [0.3, 0.4) is 0 Å². The Morgan fingerprint density at radius 1 is 0.963 bits per heavy atom. The number of nitrogens with zero attached hydrogens (tertiary/aromatic N) is 4. The summed E-state index contributed by atoms with van der Waals surface area (Å²) in [5, 5.41) is 18.4. The Labute approximate surface area is 158 Å². The van der Waals surface area contributed by atoms with E-state index in [1.807, 2.05) is 36.5 Å². The second kappa shape index (κ2) is 7.32. The van der Waals surface area contributed by atoms with Crippen molar-refractivity contribution in [3.05, 3.63) is 88.7 Å². The third-order valence-electron chi connectivity index (χ3n) is 5.00. The maximum absolute atomic E-state index is 9.32. The summed E-state index contributed by atoms with van der Waals surface area (Å²) in [7, 11) is 0. The zero-order chi connectivity index (χ0) is 18.6. The Balaban J connectivity index is 1.69. The number of hydrogen-bond acceptors (Lipinski definition) is 4. The zero-order valence-corrected chi connectivity index (χ0v) is 14.9. The van der Waals surface area contributed by atoms with E-state index < -0.39 is 0 Å². The van der Waals surface area contributed by atoms with E-state index >= 15 is 0 Å². The van der Waals surface area contributed by atoms with Crippen LogP contribution >= 0.6 is 0 Å². The average molecular weight is 350 g/mol. The molecule has 0 saturated carbocycles. The number of nitriles is 2. The Hall–Kier alpha value is -3.63. The molecule has 0 bridgehead atoms. The summed E-state index contributed by atoms with van der Waals surface area (Å²) in [6.07, 6.45) is 7.82. The van der Waals surface area contributed by atoms with Gasteiger partial charge in [-0.25, -0.2) is 0 Å². The van der Waals surface area contributed by atoms with E-state index in [4.69, 9.17) is 5.26 Å². The fourth-order valence-electron chi connectivity index (χ4n) is 3.61. The molecular formula is C23H18N4. The van der Waals surface area contributed by atoms with Crippen LogP contribution < -0.4 is 0 Å². The van der Waals surface area contributed by atoms with Crippen LogP contribution in [0.1, 0.15) is 27.8 Å². The van der Waals surface area contributed by atoms with Gasteiger partial charge in [0.05, 0.1) is 24.7 Å². The van der Waals surface area contributed by atoms with E-state index in [2.05, 4.69) is 35.4 Å². The molecular weight excluding hydrogens is 332 g/mol. The first-order valence-electron chi connectivity index (χ1n) is 8.95. The van der Waals surface area contributed by atoms with Gasteiger partial charge in [-0.15, -0.1) is 0 Å². The number of aromatic nitrogens is 1. The van der Waals surface area contributed by atoms with Crippen LogP contribution in [-0.2, 0) is 25.9 Å². The SMILES string of the molecule is N#Cc1ccc(-c2cc(CCc3cccnc3)cc3c2CN(C#N)C3)cc1. The first-order valence-corrected chi connectivity index (χ1v) is 8.95. The van der Waals surface area contributed by atoms with Gasteiger partial charge in [0.15, 0.2) is 6.19 Å². The summed E-state index contributed by atoms with van der Waals surface area (Å²) in [6.45, 7) is 1.31. The molecule has 1 aliphatic rings. The van der Waals surface area contributed by atoms with Crippen LogP contribution in [0.25, 0.3) is 11.1 Å². The van der Waals surface area contributed by atoms with Crippen LogP contribution in [0.4, 0.5) is 0 Å². The third kappa shape index (κ3) is 3.52. The van der Waals surface area contributed by atoms with Crippen molar-refractivity contribution < 1.29 is 0 Å². The third-order valence-corrected chi connectivity index (χ3v) is 5.00. The predicted octanol–water partition coefficient (Wildman–Crippen LogP) is 4.20. The van der Waals surface area contributed by atoms with Gasteiger partial charge in [-0.05, 0) is 64.4 Å². The topological polar surface area (TPSA) is 63.7 Å². The fraction of sp³-hybridized carbons (Fsp3) is 0.174. The maximum Gasteiger partial charge on any atom is 0.179 e. The van der Waals surface area contributed by atoms with Crippen molar-refractivity contribution in [2.24, 2.45) is 0 Å². The van der Waals surface area contributed by atoms with Gasteiger partial charge >= 0.3 is 0 Å². The molecule has 0 unspecified atom stereocenters. The first kappa shape index (κ1) is 16.8. The number of pyridine rings is 1. The van der Waals surface area contributed by atoms with Crippen molar-refractivity contribution >= 4 is 0 Å². The van der Waals surface area contributed by atoms with Crippen molar-refractivity contribution in [2.75, 3.05) is 0 Å². The molecule has 2 aromatic carbocycles. The van der Waals surface area contributed by atoms with E-state index in [0.717, 1.165) is 24.0 Å². The Morgan fingerprint density at radius 3 is 2.48 bits per heavy atom. The van der Waals surface area contributed by atoms with Crippen molar-refractivity contribution in [1.82, 2.24) is 9.88 Å². The zero-order valence-electron chi connectivity index (χ0n) is 14.9. The van der Waals surface area contributed by atoms with Gasteiger partial charge in [0, 0.05) is 12.4 Å². The maximum atomic E-state index is 9.32. The first-order chi connectivity index (χ1) is 13.3. The van der Waals surface area contributed by atoms with Crippen molar-refractivity contribution in [3.8, 4) is 23.4 Å². The van der Waals surface area contributed by atoms with Crippen LogP contribution in [0.5, 0.6) is 0 Å². The molecule has 1 aliphatic heterocycles. The Bertz CT molecular complexity index is 1040. The molecule has 1 aromatic heterocycles. The molecule has 4 rings (SSSR count). The molecule has 4 nitrogen and oxygen atoms in total. The van der Waals surface area contributed by atoms with E-state index in [-0.39, 0.29) is 0 Å². The number of rotatable bonds is 4. The molecule has 0 fully saturated rings. The van der Waals surface area contributed by atoms with Gasteiger partial charge in [0.2, 0.25) is 0 Å². The summed E-state index contributed by atoms with van der Waals surface area (Å²) in [5.74, 6) is 0. The van der Waals surface area contributed by atoms with Crippen LogP contribution in [-0.4, -0.2) is 9.88 Å². The minimum absolute atomic E-state index is 0.643. The minimum atomic E-state index is 0.643. The summed E-state index contributed by atoms with van der Waals surface area (Å²) in [5.41, 5.74) is 7.82. The summed E-state index contributed by atoms with van der Waals surface area (Å²) in [6, 6.07) is 18.4. The minimum Gasteiger partial charge on any atom is -0.302 e. The molecule has 0 N–H and O–H groups in total. The molecule has 0 amide bonds. The van der Waals surface area contributed by atoms with E-state index in [1.165, 1.54) is 22.3 Å². The molecule has 0 aliphatic carbocycles. The Morgan fingerprint density at radius 2 is 1.78 bits per heavy atom. The number of benzene rings is 2. The lowest BCUT2D eigenvalue weighted by atomic mass is 9.92. The highest BCUT2D eigenvalue weighted by molar-refractivity contribution is 5.71. The summed E-state index contributed by atoms with van der Waals surface area (Å²) < 4.78 is 0. The molecule has 4 heteroatoms. The van der Waals surface area contributed by atoms with Gasteiger partial charge in [-0.1, -0.05) is 30.3 Å². The van der Waals surface area contributed by atoms with Gasteiger partial charge in [0.1, 0.15) is 0 Å². The second-order valence-electron chi connectivity index (χ2n) is 6.79. The van der Waals surface area contributed by atoms with E-state index in [0.29, 0.717) is 18.7 Å². The molecule has 27 heavy (non-hydrogen) atoms. The number of aryl methyl sites for hydroxylation is 2. The van der Waals surface area contributed by atoms with E-state index in [1.54, 1.807) is 11.1 Å². The monoisotopic (exact) mass is 350 g/mol. The molecule has 3 aromatic rings. The van der Waals surface area contributed by atoms with Crippen LogP contribution in [0, 0.1) is 22.8 Å².